The Morgan fingerprint density at radius 2 is 1.77 bits per heavy atom. The molecule has 9 heteroatoms. The number of benzene rings is 2. The Kier molecular flexibility index (Phi) is 7.86. The van der Waals surface area contributed by atoms with E-state index in [1.165, 1.54) is 50.2 Å². The highest BCUT2D eigenvalue weighted by Gasteiger charge is 2.22. The molecule has 2 rings (SSSR count). The zero-order chi connectivity index (χ0) is 22.5. The molecule has 2 aromatic carbocycles. The highest BCUT2D eigenvalue weighted by molar-refractivity contribution is 7.87. The van der Waals surface area contributed by atoms with E-state index in [9.17, 15) is 18.0 Å². The van der Waals surface area contributed by atoms with Gasteiger partial charge in [-0.05, 0) is 55.8 Å². The Balaban J connectivity index is 2.33. The second kappa shape index (κ2) is 9.95. The summed E-state index contributed by atoms with van der Waals surface area (Å²) in [6.45, 7) is 6.87. The lowest BCUT2D eigenvalue weighted by molar-refractivity contribution is -0.131. The van der Waals surface area contributed by atoms with Crippen molar-refractivity contribution < 1.29 is 22.2 Å². The number of anilines is 1. The summed E-state index contributed by atoms with van der Waals surface area (Å²) in [6.07, 6.45) is 0.745. The van der Waals surface area contributed by atoms with E-state index < -0.39 is 10.1 Å². The Hall–Kier alpha value is -2.58. The first-order chi connectivity index (χ1) is 14.0. The number of rotatable bonds is 8. The first-order valence-corrected chi connectivity index (χ1v) is 11.2. The van der Waals surface area contributed by atoms with Crippen LogP contribution in [-0.4, -0.2) is 31.2 Å². The molecule has 0 aliphatic carbocycles. The van der Waals surface area contributed by atoms with Crippen molar-refractivity contribution in [3.63, 3.8) is 0 Å². The van der Waals surface area contributed by atoms with Crippen molar-refractivity contribution >= 4 is 39.2 Å². The van der Waals surface area contributed by atoms with E-state index in [1.54, 1.807) is 11.0 Å². The topological polar surface area (TPSA) is 92.8 Å². The number of hydrogen-bond donors (Lipinski definition) is 1. The number of carbonyl (C=O) groups is 2. The van der Waals surface area contributed by atoms with Gasteiger partial charge in [0, 0.05) is 42.7 Å². The third-order valence-corrected chi connectivity index (χ3v) is 6.04. The van der Waals surface area contributed by atoms with Gasteiger partial charge in [0.25, 0.3) is 0 Å². The van der Waals surface area contributed by atoms with Crippen LogP contribution in [0.5, 0.6) is 5.75 Å². The van der Waals surface area contributed by atoms with Gasteiger partial charge in [0.15, 0.2) is 0 Å². The van der Waals surface area contributed by atoms with Gasteiger partial charge in [-0.25, -0.2) is 0 Å². The van der Waals surface area contributed by atoms with E-state index in [0.29, 0.717) is 16.3 Å². The molecule has 0 fully saturated rings. The molecular weight excluding hydrogens is 428 g/mol. The van der Waals surface area contributed by atoms with Crippen LogP contribution in [0.3, 0.4) is 0 Å². The minimum Gasteiger partial charge on any atom is -0.379 e. The van der Waals surface area contributed by atoms with Crippen LogP contribution in [0.25, 0.3) is 0 Å². The molecule has 30 heavy (non-hydrogen) atoms. The average Bonchev–Trinajstić information content (AvgIpc) is 2.67. The number of halogens is 1. The Morgan fingerprint density at radius 3 is 2.30 bits per heavy atom. The zero-order valence-corrected chi connectivity index (χ0v) is 18.9. The fourth-order valence-corrected chi connectivity index (χ4v) is 3.97. The highest BCUT2D eigenvalue weighted by atomic mass is 35.5. The second-order valence-electron chi connectivity index (χ2n) is 6.90. The van der Waals surface area contributed by atoms with Gasteiger partial charge < -0.3 is 14.4 Å². The molecule has 2 amide bonds. The number of amides is 2. The van der Waals surface area contributed by atoms with Crippen LogP contribution in [0.1, 0.15) is 39.7 Å². The Labute approximate surface area is 182 Å². The third-order valence-electron chi connectivity index (χ3n) is 4.55. The van der Waals surface area contributed by atoms with E-state index in [4.69, 9.17) is 15.8 Å². The lowest BCUT2D eigenvalue weighted by atomic mass is 10.1. The average molecular weight is 453 g/mol. The molecule has 0 aliphatic heterocycles. The molecule has 2 aromatic rings. The molecule has 0 unspecified atom stereocenters. The largest absolute Gasteiger partial charge is 0.379 e. The summed E-state index contributed by atoms with van der Waals surface area (Å²) in [4.78, 5) is 24.7. The van der Waals surface area contributed by atoms with Crippen molar-refractivity contribution in [3.8, 4) is 5.75 Å². The molecule has 0 radical (unpaired) electrons. The maximum atomic E-state index is 12.8. The van der Waals surface area contributed by atoms with Gasteiger partial charge in [0.1, 0.15) is 10.6 Å². The minimum atomic E-state index is -4.13. The first kappa shape index (κ1) is 23.7. The lowest BCUT2D eigenvalue weighted by Crippen LogP contribution is -2.36. The monoisotopic (exact) mass is 452 g/mol. The molecule has 7 nitrogen and oxygen atoms in total. The summed E-state index contributed by atoms with van der Waals surface area (Å²) < 4.78 is 30.9. The molecular formula is C21H25ClN2O5S. The van der Waals surface area contributed by atoms with Crippen LogP contribution in [0.4, 0.5) is 5.69 Å². The molecule has 0 bridgehead atoms. The number of hydrogen-bond acceptors (Lipinski definition) is 5. The zero-order valence-electron chi connectivity index (χ0n) is 17.3. The molecule has 0 spiro atoms. The van der Waals surface area contributed by atoms with E-state index >= 15 is 0 Å². The van der Waals surface area contributed by atoms with Crippen LogP contribution < -0.4 is 9.50 Å². The van der Waals surface area contributed by atoms with Gasteiger partial charge in [0.2, 0.25) is 11.8 Å². The van der Waals surface area contributed by atoms with E-state index in [-0.39, 0.29) is 35.0 Å². The molecule has 1 N–H and O–H groups in total. The van der Waals surface area contributed by atoms with E-state index in [0.717, 1.165) is 6.42 Å². The summed E-state index contributed by atoms with van der Waals surface area (Å²) in [5, 5.41) is 2.97. The first-order valence-electron chi connectivity index (χ1n) is 9.41. The highest BCUT2D eigenvalue weighted by Crippen LogP contribution is 2.28. The summed E-state index contributed by atoms with van der Waals surface area (Å²) in [5.74, 6) is -0.296. The van der Waals surface area contributed by atoms with E-state index in [2.05, 4.69) is 5.32 Å². The molecule has 0 saturated carbocycles. The summed E-state index contributed by atoms with van der Waals surface area (Å²) >= 11 is 6.10. The van der Waals surface area contributed by atoms with Crippen LogP contribution in [0.2, 0.25) is 5.02 Å². The van der Waals surface area contributed by atoms with Crippen molar-refractivity contribution in [1.82, 2.24) is 4.90 Å². The molecule has 0 heterocycles. The van der Waals surface area contributed by atoms with Crippen molar-refractivity contribution in [2.75, 3.05) is 5.32 Å². The van der Waals surface area contributed by atoms with Crippen LogP contribution in [0.15, 0.2) is 47.4 Å². The van der Waals surface area contributed by atoms with Crippen LogP contribution >= 0.6 is 11.6 Å². The van der Waals surface area contributed by atoms with Crippen LogP contribution in [0, 0.1) is 0 Å². The maximum absolute atomic E-state index is 12.8. The fraction of sp³-hybridized carbons (Fsp3) is 0.333. The predicted molar refractivity (Wildman–Crippen MR) is 116 cm³/mol. The van der Waals surface area contributed by atoms with E-state index in [1.807, 2.05) is 13.8 Å². The lowest BCUT2D eigenvalue weighted by Gasteiger charge is -2.28. The number of carbonyl (C=O) groups excluding carboxylic acids is 2. The fourth-order valence-electron chi connectivity index (χ4n) is 2.81. The molecule has 1 atom stereocenters. The molecule has 0 aromatic heterocycles. The number of nitrogens with zero attached hydrogens (tertiary/aromatic N) is 1. The van der Waals surface area contributed by atoms with Crippen molar-refractivity contribution in [2.24, 2.45) is 0 Å². The molecule has 0 aliphatic rings. The number of nitrogens with one attached hydrogen (secondary N) is 1. The van der Waals surface area contributed by atoms with Crippen molar-refractivity contribution in [2.45, 2.75) is 51.6 Å². The van der Waals surface area contributed by atoms with Gasteiger partial charge in [-0.15, -0.1) is 0 Å². The van der Waals surface area contributed by atoms with Gasteiger partial charge in [-0.1, -0.05) is 18.5 Å². The smallest absolute Gasteiger partial charge is 0.339 e. The standard InChI is InChI=1S/C21H25ClN2O5S/c1-5-14(2)24(16(4)26)13-17-12-18(22)6-11-21(17)29-30(27,28)20-9-7-19(8-10-20)23-15(3)25/h6-12,14H,5,13H2,1-4H3,(H,23,25)/t14-/m1/s1. The quantitative estimate of drug-likeness (QED) is 0.605. The van der Waals surface area contributed by atoms with Crippen molar-refractivity contribution in [1.29, 1.82) is 0 Å². The maximum Gasteiger partial charge on any atom is 0.339 e. The Morgan fingerprint density at radius 1 is 1.13 bits per heavy atom. The van der Waals surface area contributed by atoms with Gasteiger partial charge in [-0.3, -0.25) is 9.59 Å². The molecule has 0 saturated heterocycles. The summed E-state index contributed by atoms with van der Waals surface area (Å²) in [6, 6.07) is 10.2. The Bertz CT molecular complexity index is 1020. The second-order valence-corrected chi connectivity index (χ2v) is 8.88. The normalized spacial score (nSPS) is 12.2. The SMILES string of the molecule is CC[C@@H](C)N(Cc1cc(Cl)ccc1OS(=O)(=O)c1ccc(NC(C)=O)cc1)C(C)=O. The van der Waals surface area contributed by atoms with Gasteiger partial charge in [0.05, 0.1) is 0 Å². The van der Waals surface area contributed by atoms with Gasteiger partial charge in [-0.2, -0.15) is 8.42 Å². The van der Waals surface area contributed by atoms with Crippen molar-refractivity contribution in [3.05, 3.63) is 53.1 Å². The third kappa shape index (κ3) is 6.21. The van der Waals surface area contributed by atoms with Crippen LogP contribution in [-0.2, 0) is 26.3 Å². The predicted octanol–water partition coefficient (Wildman–Crippen LogP) is 4.21. The summed E-state index contributed by atoms with van der Waals surface area (Å²) in [7, 11) is -4.13. The molecule has 162 valence electrons. The van der Waals surface area contributed by atoms with Gasteiger partial charge >= 0.3 is 10.1 Å². The minimum absolute atomic E-state index is 0.0349. The summed E-state index contributed by atoms with van der Waals surface area (Å²) in [5.41, 5.74) is 0.954.